The number of allylic oxidation sites excluding steroid dienone is 1. The Hall–Kier alpha value is -4.38. The van der Waals surface area contributed by atoms with Gasteiger partial charge in [0.25, 0.3) is 5.56 Å². The van der Waals surface area contributed by atoms with Gasteiger partial charge in [-0.1, -0.05) is 35.6 Å². The van der Waals surface area contributed by atoms with Gasteiger partial charge in [0, 0.05) is 5.56 Å². The molecule has 1 aliphatic rings. The van der Waals surface area contributed by atoms with Crippen LogP contribution >= 0.6 is 11.3 Å². The van der Waals surface area contributed by atoms with E-state index in [-0.39, 0.29) is 37.1 Å². The summed E-state index contributed by atoms with van der Waals surface area (Å²) in [6, 6.07) is 11.6. The summed E-state index contributed by atoms with van der Waals surface area (Å²) in [7, 11) is 1.53. The fourth-order valence-electron chi connectivity index (χ4n) is 4.52. The van der Waals surface area contributed by atoms with Crippen molar-refractivity contribution in [2.75, 3.05) is 26.9 Å². The summed E-state index contributed by atoms with van der Waals surface area (Å²) in [5, 5.41) is 0. The van der Waals surface area contributed by atoms with Crippen LogP contribution in [-0.2, 0) is 19.1 Å². The predicted molar refractivity (Wildman–Crippen MR) is 158 cm³/mol. The summed E-state index contributed by atoms with van der Waals surface area (Å²) < 4.78 is 29.4. The molecule has 2 heterocycles. The maximum Gasteiger partial charge on any atom is 0.344 e. The lowest BCUT2D eigenvalue weighted by atomic mass is 9.95. The van der Waals surface area contributed by atoms with Gasteiger partial charge in [-0.2, -0.15) is 0 Å². The van der Waals surface area contributed by atoms with Gasteiger partial charge in [0.15, 0.2) is 22.9 Å². The number of benzene rings is 2. The average molecular weight is 595 g/mol. The zero-order valence-corrected chi connectivity index (χ0v) is 25.3. The number of nitrogens with zero attached hydrogens (tertiary/aromatic N) is 2. The standard InChI is InChI=1S/C31H34N2O8S/c1-7-38-26(34)17-40-22-12-10-9-11-20(22)16-25-29(35)33-28(21-13-14-23(41-18(3)4)24(15-21)37-6)27(30(36)39-8-2)19(5)32-31(33)42-25/h9-16,18,28H,7-8,17H2,1-6H3/b25-16+/t28-/m0/s1. The van der Waals surface area contributed by atoms with Gasteiger partial charge in [-0.3, -0.25) is 9.36 Å². The molecular weight excluding hydrogens is 560 g/mol. The van der Waals surface area contributed by atoms with E-state index in [1.54, 1.807) is 69.3 Å². The molecule has 4 rings (SSSR count). The van der Waals surface area contributed by atoms with Gasteiger partial charge in [0.2, 0.25) is 0 Å². The third kappa shape index (κ3) is 6.57. The van der Waals surface area contributed by atoms with Crippen LogP contribution in [0.1, 0.15) is 51.8 Å². The van der Waals surface area contributed by atoms with E-state index in [0.29, 0.717) is 43.4 Å². The van der Waals surface area contributed by atoms with Crippen LogP contribution in [0.15, 0.2) is 63.5 Å². The molecule has 10 nitrogen and oxygen atoms in total. The largest absolute Gasteiger partial charge is 0.493 e. The molecule has 0 saturated carbocycles. The van der Waals surface area contributed by atoms with Crippen LogP contribution in [0.25, 0.3) is 6.08 Å². The van der Waals surface area contributed by atoms with Crippen molar-refractivity contribution in [1.82, 2.24) is 4.57 Å². The molecule has 0 fully saturated rings. The third-order valence-electron chi connectivity index (χ3n) is 6.24. The van der Waals surface area contributed by atoms with Crippen molar-refractivity contribution in [3.05, 3.63) is 84.5 Å². The minimum atomic E-state index is -0.820. The Bertz CT molecular complexity index is 1690. The highest BCUT2D eigenvalue weighted by atomic mass is 32.1. The highest BCUT2D eigenvalue weighted by molar-refractivity contribution is 7.07. The molecule has 1 aromatic heterocycles. The number of carbonyl (C=O) groups excluding carboxylic acids is 2. The number of methoxy groups -OCH3 is 1. The number of para-hydroxylation sites is 1. The Labute approximate surface area is 247 Å². The molecule has 0 amide bonds. The molecule has 1 atom stereocenters. The summed E-state index contributed by atoms with van der Waals surface area (Å²) in [4.78, 5) is 44.1. The van der Waals surface area contributed by atoms with E-state index in [1.165, 1.54) is 23.0 Å². The predicted octanol–water partition coefficient (Wildman–Crippen LogP) is 3.54. The van der Waals surface area contributed by atoms with Crippen LogP contribution in [0.4, 0.5) is 0 Å². The van der Waals surface area contributed by atoms with Crippen molar-refractivity contribution in [3.8, 4) is 17.2 Å². The van der Waals surface area contributed by atoms with Crippen LogP contribution < -0.4 is 29.1 Å². The summed E-state index contributed by atoms with van der Waals surface area (Å²) in [6.07, 6.45) is 1.61. The number of rotatable bonds is 11. The van der Waals surface area contributed by atoms with E-state index in [9.17, 15) is 14.4 Å². The van der Waals surface area contributed by atoms with Crippen molar-refractivity contribution in [2.24, 2.45) is 4.99 Å². The normalized spacial score (nSPS) is 14.7. The molecule has 0 spiro atoms. The summed E-state index contributed by atoms with van der Waals surface area (Å²) in [6.45, 7) is 9.14. The molecule has 42 heavy (non-hydrogen) atoms. The van der Waals surface area contributed by atoms with Gasteiger partial charge in [-0.05, 0) is 64.5 Å². The van der Waals surface area contributed by atoms with Crippen LogP contribution in [0, 0.1) is 0 Å². The van der Waals surface area contributed by atoms with E-state index in [2.05, 4.69) is 4.99 Å². The Morgan fingerprint density at radius 2 is 1.79 bits per heavy atom. The molecule has 3 aromatic rings. The SMILES string of the molecule is CCOC(=O)COc1ccccc1/C=c1/sc2n(c1=O)[C@@H](c1ccc(OC(C)C)c(OC)c1)C(C(=O)OCC)=C(C)N=2. The van der Waals surface area contributed by atoms with Gasteiger partial charge in [0.05, 0.1) is 48.3 Å². The van der Waals surface area contributed by atoms with Gasteiger partial charge in [-0.25, -0.2) is 14.6 Å². The van der Waals surface area contributed by atoms with Crippen LogP contribution in [0.2, 0.25) is 0 Å². The van der Waals surface area contributed by atoms with Crippen LogP contribution in [0.5, 0.6) is 17.2 Å². The first-order valence-corrected chi connectivity index (χ1v) is 14.4. The van der Waals surface area contributed by atoms with Crippen molar-refractivity contribution in [3.63, 3.8) is 0 Å². The number of carbonyl (C=O) groups is 2. The zero-order valence-electron chi connectivity index (χ0n) is 24.5. The Balaban J connectivity index is 1.87. The van der Waals surface area contributed by atoms with E-state index in [1.807, 2.05) is 13.8 Å². The molecule has 11 heteroatoms. The van der Waals surface area contributed by atoms with Crippen LogP contribution in [0.3, 0.4) is 0 Å². The fourth-order valence-corrected chi connectivity index (χ4v) is 5.56. The number of aromatic nitrogens is 1. The lowest BCUT2D eigenvalue weighted by molar-refractivity contribution is -0.145. The second kappa shape index (κ2) is 13.5. The maximum atomic E-state index is 14.0. The maximum absolute atomic E-state index is 14.0. The zero-order chi connectivity index (χ0) is 30.4. The highest BCUT2D eigenvalue weighted by Crippen LogP contribution is 2.36. The number of hydrogen-bond donors (Lipinski definition) is 0. The van der Waals surface area contributed by atoms with Crippen molar-refractivity contribution in [1.29, 1.82) is 0 Å². The topological polar surface area (TPSA) is 115 Å². The molecule has 1 aliphatic heterocycles. The second-order valence-electron chi connectivity index (χ2n) is 9.51. The Morgan fingerprint density at radius 3 is 2.48 bits per heavy atom. The van der Waals surface area contributed by atoms with E-state index < -0.39 is 18.0 Å². The molecule has 0 unspecified atom stereocenters. The Kier molecular flexibility index (Phi) is 9.84. The lowest BCUT2D eigenvalue weighted by Crippen LogP contribution is -2.40. The number of ether oxygens (including phenoxy) is 5. The number of thiazole rings is 1. The second-order valence-corrected chi connectivity index (χ2v) is 10.5. The van der Waals surface area contributed by atoms with Crippen molar-refractivity contribution in [2.45, 2.75) is 46.8 Å². The van der Waals surface area contributed by atoms with Crippen LogP contribution in [-0.4, -0.2) is 49.5 Å². The average Bonchev–Trinajstić information content (AvgIpc) is 3.26. The van der Waals surface area contributed by atoms with Gasteiger partial charge in [0.1, 0.15) is 5.75 Å². The monoisotopic (exact) mass is 594 g/mol. The molecule has 0 bridgehead atoms. The van der Waals surface area contributed by atoms with Gasteiger partial charge in [-0.15, -0.1) is 0 Å². The number of hydrogen-bond acceptors (Lipinski definition) is 10. The van der Waals surface area contributed by atoms with Crippen molar-refractivity contribution < 1.29 is 33.3 Å². The van der Waals surface area contributed by atoms with Crippen molar-refractivity contribution >= 4 is 29.4 Å². The Morgan fingerprint density at radius 1 is 1.05 bits per heavy atom. The smallest absolute Gasteiger partial charge is 0.344 e. The molecule has 0 saturated heterocycles. The first-order chi connectivity index (χ1) is 20.2. The third-order valence-corrected chi connectivity index (χ3v) is 7.22. The molecule has 0 N–H and O–H groups in total. The minimum Gasteiger partial charge on any atom is -0.493 e. The number of fused-ring (bicyclic) bond motifs is 1. The van der Waals surface area contributed by atoms with Gasteiger partial charge >= 0.3 is 11.9 Å². The fraction of sp³-hybridized carbons (Fsp3) is 0.355. The first-order valence-electron chi connectivity index (χ1n) is 13.6. The van der Waals surface area contributed by atoms with E-state index in [0.717, 1.165) is 0 Å². The molecule has 0 radical (unpaired) electrons. The summed E-state index contributed by atoms with van der Waals surface area (Å²) in [5.41, 5.74) is 1.59. The summed E-state index contributed by atoms with van der Waals surface area (Å²) >= 11 is 1.19. The molecule has 2 aromatic carbocycles. The minimum absolute atomic E-state index is 0.0798. The number of esters is 2. The molecule has 222 valence electrons. The summed E-state index contributed by atoms with van der Waals surface area (Å²) in [5.74, 6) is 0.378. The lowest BCUT2D eigenvalue weighted by Gasteiger charge is -2.25. The molecular formula is C31H34N2O8S. The van der Waals surface area contributed by atoms with Gasteiger partial charge < -0.3 is 23.7 Å². The highest BCUT2D eigenvalue weighted by Gasteiger charge is 2.34. The quantitative estimate of drug-likeness (QED) is 0.310. The molecule has 0 aliphatic carbocycles. The first kappa shape index (κ1) is 30.6. The van der Waals surface area contributed by atoms with E-state index >= 15 is 0 Å². The van der Waals surface area contributed by atoms with E-state index in [4.69, 9.17) is 23.7 Å².